The standard InChI is InChI=1S/C16H17N5S/c1-11-3-5-13(6-4-11)7-8-15-14(9-17)19-20-21(15)16-18-12(2)10-22-16/h3-8,10H,9,17H2,1-2H3/b8-7+. The second kappa shape index (κ2) is 6.21. The average Bonchev–Trinajstić information content (AvgIpc) is 3.12. The first-order valence-electron chi connectivity index (χ1n) is 6.99. The number of hydrogen-bond acceptors (Lipinski definition) is 5. The summed E-state index contributed by atoms with van der Waals surface area (Å²) in [6.07, 6.45) is 4.03. The molecule has 0 saturated carbocycles. The Hall–Kier alpha value is -2.31. The molecule has 0 aliphatic carbocycles. The van der Waals surface area contributed by atoms with Crippen molar-refractivity contribution >= 4 is 23.5 Å². The van der Waals surface area contributed by atoms with Crippen LogP contribution < -0.4 is 5.73 Å². The van der Waals surface area contributed by atoms with Gasteiger partial charge in [0.1, 0.15) is 5.69 Å². The third-order valence-electron chi connectivity index (χ3n) is 3.27. The molecule has 0 fully saturated rings. The zero-order chi connectivity index (χ0) is 15.5. The molecule has 6 heteroatoms. The van der Waals surface area contributed by atoms with Crippen molar-refractivity contribution in [3.8, 4) is 5.13 Å². The molecule has 0 radical (unpaired) electrons. The van der Waals surface area contributed by atoms with Crippen LogP contribution in [0.5, 0.6) is 0 Å². The highest BCUT2D eigenvalue weighted by atomic mass is 32.1. The van der Waals surface area contributed by atoms with E-state index >= 15 is 0 Å². The molecule has 3 aromatic rings. The van der Waals surface area contributed by atoms with Gasteiger partial charge in [-0.2, -0.15) is 4.68 Å². The Bertz CT molecular complexity index is 798. The minimum atomic E-state index is 0.345. The van der Waals surface area contributed by atoms with Crippen molar-refractivity contribution in [1.82, 2.24) is 20.0 Å². The monoisotopic (exact) mass is 311 g/mol. The summed E-state index contributed by atoms with van der Waals surface area (Å²) in [6, 6.07) is 8.33. The molecular weight excluding hydrogens is 294 g/mol. The van der Waals surface area contributed by atoms with Crippen molar-refractivity contribution in [3.63, 3.8) is 0 Å². The fourth-order valence-corrected chi connectivity index (χ4v) is 2.83. The maximum Gasteiger partial charge on any atom is 0.212 e. The summed E-state index contributed by atoms with van der Waals surface area (Å²) in [7, 11) is 0. The van der Waals surface area contributed by atoms with Gasteiger partial charge in [0, 0.05) is 11.9 Å². The average molecular weight is 311 g/mol. The second-order valence-electron chi connectivity index (χ2n) is 5.05. The van der Waals surface area contributed by atoms with Crippen molar-refractivity contribution in [1.29, 1.82) is 0 Å². The first kappa shape index (κ1) is 14.6. The Balaban J connectivity index is 1.98. The number of hydrogen-bond donors (Lipinski definition) is 1. The van der Waals surface area contributed by atoms with Gasteiger partial charge in [-0.15, -0.1) is 16.4 Å². The lowest BCUT2D eigenvalue weighted by molar-refractivity contribution is 0.785. The molecule has 0 aliphatic heterocycles. The van der Waals surface area contributed by atoms with Gasteiger partial charge in [-0.3, -0.25) is 0 Å². The highest BCUT2D eigenvalue weighted by molar-refractivity contribution is 7.12. The normalized spacial score (nSPS) is 11.4. The Labute approximate surface area is 133 Å². The van der Waals surface area contributed by atoms with Crippen LogP contribution in [-0.2, 0) is 6.54 Å². The highest BCUT2D eigenvalue weighted by Crippen LogP contribution is 2.19. The van der Waals surface area contributed by atoms with E-state index in [1.54, 1.807) is 4.68 Å². The first-order chi connectivity index (χ1) is 10.7. The molecule has 0 bridgehead atoms. The third-order valence-corrected chi connectivity index (χ3v) is 4.21. The van der Waals surface area contributed by atoms with Crippen LogP contribution in [0.15, 0.2) is 29.6 Å². The maximum atomic E-state index is 5.77. The summed E-state index contributed by atoms with van der Waals surface area (Å²) in [6.45, 7) is 4.38. The van der Waals surface area contributed by atoms with Crippen LogP contribution in [0, 0.1) is 13.8 Å². The van der Waals surface area contributed by atoms with E-state index in [0.29, 0.717) is 6.54 Å². The van der Waals surface area contributed by atoms with Gasteiger partial charge in [0.2, 0.25) is 5.13 Å². The molecule has 5 nitrogen and oxygen atoms in total. The second-order valence-corrected chi connectivity index (χ2v) is 5.89. The van der Waals surface area contributed by atoms with Crippen molar-refractivity contribution in [2.75, 3.05) is 0 Å². The van der Waals surface area contributed by atoms with Crippen molar-refractivity contribution in [2.45, 2.75) is 20.4 Å². The number of nitrogens with two attached hydrogens (primary N) is 1. The van der Waals surface area contributed by atoms with Crippen LogP contribution >= 0.6 is 11.3 Å². The fraction of sp³-hybridized carbons (Fsp3) is 0.188. The lowest BCUT2D eigenvalue weighted by atomic mass is 10.1. The Morgan fingerprint density at radius 1 is 1.18 bits per heavy atom. The lowest BCUT2D eigenvalue weighted by Gasteiger charge is -2.00. The predicted molar refractivity (Wildman–Crippen MR) is 89.8 cm³/mol. The summed E-state index contributed by atoms with van der Waals surface area (Å²) in [5, 5.41) is 11.1. The van der Waals surface area contributed by atoms with Gasteiger partial charge in [0.15, 0.2) is 0 Å². The van der Waals surface area contributed by atoms with Gasteiger partial charge in [-0.25, -0.2) is 4.98 Å². The van der Waals surface area contributed by atoms with E-state index < -0.39 is 0 Å². The number of benzene rings is 1. The van der Waals surface area contributed by atoms with E-state index in [2.05, 4.69) is 46.5 Å². The molecule has 1 aromatic carbocycles. The van der Waals surface area contributed by atoms with E-state index in [1.807, 2.05) is 24.5 Å². The van der Waals surface area contributed by atoms with Crippen LogP contribution in [0.1, 0.15) is 28.2 Å². The highest BCUT2D eigenvalue weighted by Gasteiger charge is 2.13. The van der Waals surface area contributed by atoms with Crippen LogP contribution in [0.2, 0.25) is 0 Å². The van der Waals surface area contributed by atoms with Crippen LogP contribution in [0.4, 0.5) is 0 Å². The van der Waals surface area contributed by atoms with Gasteiger partial charge in [0.25, 0.3) is 0 Å². The molecule has 0 spiro atoms. The molecule has 0 unspecified atom stereocenters. The fourth-order valence-electron chi connectivity index (χ4n) is 2.07. The largest absolute Gasteiger partial charge is 0.325 e. The van der Waals surface area contributed by atoms with Crippen LogP contribution in [0.25, 0.3) is 17.3 Å². The van der Waals surface area contributed by atoms with Crippen LogP contribution in [-0.4, -0.2) is 20.0 Å². The zero-order valence-electron chi connectivity index (χ0n) is 12.5. The summed E-state index contributed by atoms with van der Waals surface area (Å²) in [5.41, 5.74) is 10.7. The summed E-state index contributed by atoms with van der Waals surface area (Å²) in [4.78, 5) is 4.46. The number of rotatable bonds is 4. The molecular formula is C16H17N5S. The van der Waals surface area contributed by atoms with Gasteiger partial charge >= 0.3 is 0 Å². The molecule has 22 heavy (non-hydrogen) atoms. The molecule has 2 heterocycles. The summed E-state index contributed by atoms with van der Waals surface area (Å²) >= 11 is 1.54. The molecule has 0 atom stereocenters. The Kier molecular flexibility index (Phi) is 4.13. The predicted octanol–water partition coefficient (Wildman–Crippen LogP) is 2.97. The smallest absolute Gasteiger partial charge is 0.212 e. The zero-order valence-corrected chi connectivity index (χ0v) is 13.3. The van der Waals surface area contributed by atoms with Gasteiger partial charge in [-0.1, -0.05) is 41.1 Å². The maximum absolute atomic E-state index is 5.77. The third kappa shape index (κ3) is 2.98. The SMILES string of the molecule is Cc1ccc(/C=C/c2c(CN)nnn2-c2nc(C)cs2)cc1. The molecule has 2 N–H and O–H groups in total. The van der Waals surface area contributed by atoms with E-state index in [-0.39, 0.29) is 0 Å². The van der Waals surface area contributed by atoms with E-state index in [0.717, 1.165) is 27.8 Å². The molecule has 3 rings (SSSR count). The van der Waals surface area contributed by atoms with E-state index in [4.69, 9.17) is 5.73 Å². The topological polar surface area (TPSA) is 69.6 Å². The summed E-state index contributed by atoms with van der Waals surface area (Å²) in [5.74, 6) is 0. The number of nitrogens with zero attached hydrogens (tertiary/aromatic N) is 4. The Morgan fingerprint density at radius 3 is 2.59 bits per heavy atom. The minimum Gasteiger partial charge on any atom is -0.325 e. The van der Waals surface area contributed by atoms with E-state index in [9.17, 15) is 0 Å². The van der Waals surface area contributed by atoms with Gasteiger partial charge < -0.3 is 5.73 Å². The van der Waals surface area contributed by atoms with Crippen molar-refractivity contribution < 1.29 is 0 Å². The number of aryl methyl sites for hydroxylation is 2. The quantitative estimate of drug-likeness (QED) is 0.804. The molecule has 0 saturated heterocycles. The van der Waals surface area contributed by atoms with Crippen LogP contribution in [0.3, 0.4) is 0 Å². The molecule has 0 aliphatic rings. The molecule has 112 valence electrons. The molecule has 0 amide bonds. The van der Waals surface area contributed by atoms with Crippen molar-refractivity contribution in [2.24, 2.45) is 5.73 Å². The summed E-state index contributed by atoms with van der Waals surface area (Å²) < 4.78 is 1.74. The van der Waals surface area contributed by atoms with Gasteiger partial charge in [-0.05, 0) is 25.5 Å². The van der Waals surface area contributed by atoms with E-state index in [1.165, 1.54) is 16.9 Å². The first-order valence-corrected chi connectivity index (χ1v) is 7.87. The van der Waals surface area contributed by atoms with Gasteiger partial charge in [0.05, 0.1) is 11.4 Å². The minimum absolute atomic E-state index is 0.345. The number of thiazole rings is 1. The number of aromatic nitrogens is 4. The Morgan fingerprint density at radius 2 is 1.95 bits per heavy atom. The lowest BCUT2D eigenvalue weighted by Crippen LogP contribution is -2.02. The van der Waals surface area contributed by atoms with Crippen molar-refractivity contribution in [3.05, 3.63) is 57.9 Å². The molecule has 2 aromatic heterocycles.